The van der Waals surface area contributed by atoms with Crippen LogP contribution in [-0.4, -0.2) is 11.7 Å². The van der Waals surface area contributed by atoms with Crippen LogP contribution in [0.3, 0.4) is 0 Å². The molecule has 2 rings (SSSR count). The molecule has 0 saturated heterocycles. The molecule has 0 bridgehead atoms. The van der Waals surface area contributed by atoms with Crippen molar-refractivity contribution in [3.63, 3.8) is 0 Å². The van der Waals surface area contributed by atoms with Crippen molar-refractivity contribution in [2.45, 2.75) is 44.4 Å². The second-order valence-electron chi connectivity index (χ2n) is 5.07. The van der Waals surface area contributed by atoms with Gasteiger partial charge in [-0.25, -0.2) is 8.78 Å². The Balaban J connectivity index is 2.22. The van der Waals surface area contributed by atoms with E-state index in [0.717, 1.165) is 12.1 Å². The Morgan fingerprint density at radius 3 is 2.21 bits per heavy atom. The van der Waals surface area contributed by atoms with Crippen molar-refractivity contribution in [3.8, 4) is 0 Å². The van der Waals surface area contributed by atoms with E-state index in [4.69, 9.17) is 0 Å². The highest BCUT2D eigenvalue weighted by Gasteiger charge is 2.63. The van der Waals surface area contributed by atoms with E-state index in [0.29, 0.717) is 0 Å². The predicted octanol–water partition coefficient (Wildman–Crippen LogP) is 4.02. The average Bonchev–Trinajstić information content (AvgIpc) is 3.03. The van der Waals surface area contributed by atoms with E-state index in [2.05, 4.69) is 5.32 Å². The number of alkyl halides is 3. The van der Waals surface area contributed by atoms with Crippen LogP contribution in [0.5, 0.6) is 0 Å². The highest BCUT2D eigenvalue weighted by atomic mass is 19.4. The zero-order valence-corrected chi connectivity index (χ0v) is 10.5. The Hall–Kier alpha value is -1.17. The largest absolute Gasteiger partial charge is 0.406 e. The molecule has 1 aromatic carbocycles. The number of hydrogen-bond acceptors (Lipinski definition) is 1. The van der Waals surface area contributed by atoms with Crippen LogP contribution in [0.4, 0.5) is 22.0 Å². The van der Waals surface area contributed by atoms with Crippen molar-refractivity contribution < 1.29 is 22.0 Å². The van der Waals surface area contributed by atoms with Crippen molar-refractivity contribution in [2.24, 2.45) is 0 Å². The average molecular weight is 279 g/mol. The lowest BCUT2D eigenvalue weighted by Crippen LogP contribution is -2.46. The fraction of sp³-hybridized carbons (Fsp3) is 0.538. The normalized spacial score (nSPS) is 19.3. The smallest absolute Gasteiger partial charge is 0.297 e. The molecule has 1 aliphatic carbocycles. The quantitative estimate of drug-likeness (QED) is 0.824. The van der Waals surface area contributed by atoms with Crippen LogP contribution in [-0.2, 0) is 0 Å². The molecule has 1 aliphatic rings. The Bertz CT molecular complexity index is 491. The SMILES string of the molecule is Cc1cc(F)c(C(C)NC2(C(F)(F)F)CC2)cc1F. The summed E-state index contributed by atoms with van der Waals surface area (Å²) in [5.74, 6) is -1.32. The first kappa shape index (κ1) is 14.2. The molecule has 1 atom stereocenters. The minimum atomic E-state index is -4.37. The molecule has 106 valence electrons. The van der Waals surface area contributed by atoms with Gasteiger partial charge in [0.1, 0.15) is 17.2 Å². The molecule has 0 aromatic heterocycles. The highest BCUT2D eigenvalue weighted by molar-refractivity contribution is 5.28. The van der Waals surface area contributed by atoms with E-state index in [1.165, 1.54) is 13.8 Å². The summed E-state index contributed by atoms with van der Waals surface area (Å²) < 4.78 is 65.4. The first-order valence-corrected chi connectivity index (χ1v) is 5.96. The third-order valence-electron chi connectivity index (χ3n) is 3.53. The number of hydrogen-bond donors (Lipinski definition) is 1. The summed E-state index contributed by atoms with van der Waals surface area (Å²) in [5.41, 5.74) is -1.90. The van der Waals surface area contributed by atoms with Gasteiger partial charge in [0.05, 0.1) is 0 Å². The minimum absolute atomic E-state index is 0.0309. The zero-order valence-electron chi connectivity index (χ0n) is 10.5. The van der Waals surface area contributed by atoms with Gasteiger partial charge in [0.25, 0.3) is 0 Å². The lowest BCUT2D eigenvalue weighted by molar-refractivity contribution is -0.167. The number of benzene rings is 1. The van der Waals surface area contributed by atoms with Crippen LogP contribution in [0.1, 0.15) is 36.9 Å². The molecule has 1 N–H and O–H groups in total. The summed E-state index contributed by atoms with van der Waals surface area (Å²) in [4.78, 5) is 0. The van der Waals surface area contributed by atoms with Gasteiger partial charge in [0.15, 0.2) is 0 Å². The van der Waals surface area contributed by atoms with Gasteiger partial charge in [0.2, 0.25) is 0 Å². The lowest BCUT2D eigenvalue weighted by atomic mass is 10.0. The molecule has 1 saturated carbocycles. The van der Waals surface area contributed by atoms with Gasteiger partial charge in [-0.15, -0.1) is 0 Å². The molecule has 0 radical (unpaired) electrons. The van der Waals surface area contributed by atoms with Crippen molar-refractivity contribution in [3.05, 3.63) is 34.9 Å². The molecular formula is C13H14F5N. The Kier molecular flexibility index (Phi) is 3.33. The second kappa shape index (κ2) is 4.44. The zero-order chi connectivity index (χ0) is 14.4. The monoisotopic (exact) mass is 279 g/mol. The number of halogens is 5. The lowest BCUT2D eigenvalue weighted by Gasteiger charge is -2.25. The molecule has 0 heterocycles. The summed E-state index contributed by atoms with van der Waals surface area (Å²) in [7, 11) is 0. The minimum Gasteiger partial charge on any atom is -0.297 e. The van der Waals surface area contributed by atoms with Crippen molar-refractivity contribution in [2.75, 3.05) is 0 Å². The third kappa shape index (κ3) is 2.59. The first-order valence-electron chi connectivity index (χ1n) is 5.96. The van der Waals surface area contributed by atoms with Gasteiger partial charge in [0, 0.05) is 11.6 Å². The maximum Gasteiger partial charge on any atom is 0.406 e. The van der Waals surface area contributed by atoms with Crippen molar-refractivity contribution >= 4 is 0 Å². The topological polar surface area (TPSA) is 12.0 Å². The molecule has 1 aromatic rings. The maximum atomic E-state index is 13.7. The van der Waals surface area contributed by atoms with Crippen LogP contribution >= 0.6 is 0 Å². The van der Waals surface area contributed by atoms with Crippen molar-refractivity contribution in [1.29, 1.82) is 0 Å². The summed E-state index contributed by atoms with van der Waals surface area (Å²) in [6.45, 7) is 2.80. The Labute approximate surface area is 107 Å². The fourth-order valence-corrected chi connectivity index (χ4v) is 2.12. The van der Waals surface area contributed by atoms with Crippen LogP contribution in [0.25, 0.3) is 0 Å². The molecule has 0 aliphatic heterocycles. The molecule has 1 unspecified atom stereocenters. The molecule has 19 heavy (non-hydrogen) atoms. The molecule has 1 nitrogen and oxygen atoms in total. The molecule has 1 fully saturated rings. The van der Waals surface area contributed by atoms with E-state index >= 15 is 0 Å². The van der Waals surface area contributed by atoms with Crippen LogP contribution in [0, 0.1) is 18.6 Å². The fourth-order valence-electron chi connectivity index (χ4n) is 2.12. The number of rotatable bonds is 3. The van der Waals surface area contributed by atoms with Gasteiger partial charge >= 0.3 is 6.18 Å². The van der Waals surface area contributed by atoms with Gasteiger partial charge < -0.3 is 0 Å². The number of nitrogens with one attached hydrogen (secondary N) is 1. The Morgan fingerprint density at radius 2 is 1.74 bits per heavy atom. The van der Waals surface area contributed by atoms with Crippen LogP contribution < -0.4 is 5.32 Å². The molecule has 0 spiro atoms. The molecular weight excluding hydrogens is 265 g/mol. The first-order chi connectivity index (χ1) is 8.66. The summed E-state index contributed by atoms with van der Waals surface area (Å²) in [6.07, 6.45) is -4.44. The molecule has 0 amide bonds. The standard InChI is InChI=1S/C13H14F5N/c1-7-5-11(15)9(6-10(7)14)8(2)19-12(3-4-12)13(16,17)18/h5-6,8,19H,3-4H2,1-2H3. The van der Waals surface area contributed by atoms with Crippen molar-refractivity contribution in [1.82, 2.24) is 5.32 Å². The van der Waals surface area contributed by atoms with E-state index in [1.807, 2.05) is 0 Å². The third-order valence-corrected chi connectivity index (χ3v) is 3.53. The van der Waals surface area contributed by atoms with Gasteiger partial charge in [-0.2, -0.15) is 13.2 Å². The van der Waals surface area contributed by atoms with Gasteiger partial charge in [-0.1, -0.05) is 0 Å². The summed E-state index contributed by atoms with van der Waals surface area (Å²) >= 11 is 0. The van der Waals surface area contributed by atoms with E-state index < -0.39 is 29.4 Å². The number of aryl methyl sites for hydroxylation is 1. The van der Waals surface area contributed by atoms with E-state index in [-0.39, 0.29) is 24.0 Å². The maximum absolute atomic E-state index is 13.7. The summed E-state index contributed by atoms with van der Waals surface area (Å²) in [5, 5.41) is 2.38. The van der Waals surface area contributed by atoms with Gasteiger partial charge in [-0.05, 0) is 44.4 Å². The van der Waals surface area contributed by atoms with Gasteiger partial charge in [-0.3, -0.25) is 5.32 Å². The summed E-state index contributed by atoms with van der Waals surface area (Å²) in [6, 6.07) is 1.05. The van der Waals surface area contributed by atoms with Crippen LogP contribution in [0.2, 0.25) is 0 Å². The van der Waals surface area contributed by atoms with Crippen LogP contribution in [0.15, 0.2) is 12.1 Å². The second-order valence-corrected chi connectivity index (χ2v) is 5.07. The highest BCUT2D eigenvalue weighted by Crippen LogP contribution is 2.50. The Morgan fingerprint density at radius 1 is 1.16 bits per heavy atom. The van der Waals surface area contributed by atoms with E-state index in [1.54, 1.807) is 0 Å². The molecule has 6 heteroatoms. The van der Waals surface area contributed by atoms with E-state index in [9.17, 15) is 22.0 Å². The predicted molar refractivity (Wildman–Crippen MR) is 60.7 cm³/mol.